The van der Waals surface area contributed by atoms with Gasteiger partial charge in [-0.25, -0.2) is 4.98 Å². The lowest BCUT2D eigenvalue weighted by Crippen LogP contribution is -2.25. The first-order valence-electron chi connectivity index (χ1n) is 6.66. The van der Waals surface area contributed by atoms with Crippen LogP contribution in [0.5, 0.6) is 0 Å². The molecule has 0 aliphatic rings. The molecule has 0 radical (unpaired) electrons. The minimum Gasteiger partial charge on any atom is -0.338 e. The third-order valence-electron chi connectivity index (χ3n) is 3.23. The van der Waals surface area contributed by atoms with Gasteiger partial charge in [0.1, 0.15) is 5.82 Å². The summed E-state index contributed by atoms with van der Waals surface area (Å²) < 4.78 is 3.23. The fourth-order valence-electron chi connectivity index (χ4n) is 2.14. The van der Waals surface area contributed by atoms with Crippen LogP contribution >= 0.6 is 15.9 Å². The quantitative estimate of drug-likeness (QED) is 0.883. The average Bonchev–Trinajstić information content (AvgIpc) is 2.81. The van der Waals surface area contributed by atoms with Crippen LogP contribution in [0.3, 0.4) is 0 Å². The maximum Gasteiger partial charge on any atom is 0.110 e. The van der Waals surface area contributed by atoms with Crippen molar-refractivity contribution in [2.75, 3.05) is 6.54 Å². The fourth-order valence-corrected chi connectivity index (χ4v) is 2.71. The molecule has 2 rings (SSSR count). The molecule has 1 unspecified atom stereocenters. The number of nitrogens with one attached hydrogen (secondary N) is 1. The Kier molecular flexibility index (Phi) is 5.16. The first kappa shape index (κ1) is 14.3. The smallest absolute Gasteiger partial charge is 0.110 e. The maximum atomic E-state index is 4.43. The highest BCUT2D eigenvalue weighted by Gasteiger charge is 2.16. The molecule has 0 fully saturated rings. The molecular weight excluding hydrogens is 302 g/mol. The molecule has 1 heterocycles. The van der Waals surface area contributed by atoms with Gasteiger partial charge < -0.3 is 9.88 Å². The van der Waals surface area contributed by atoms with E-state index in [9.17, 15) is 0 Å². The molecule has 1 aromatic heterocycles. The highest BCUT2D eigenvalue weighted by Crippen LogP contribution is 2.25. The molecule has 0 saturated heterocycles. The summed E-state index contributed by atoms with van der Waals surface area (Å²) in [5.74, 6) is 1.10. The van der Waals surface area contributed by atoms with Crippen LogP contribution in [0.25, 0.3) is 0 Å². The largest absolute Gasteiger partial charge is 0.338 e. The van der Waals surface area contributed by atoms with E-state index in [1.165, 1.54) is 5.56 Å². The van der Waals surface area contributed by atoms with Crippen molar-refractivity contribution in [1.82, 2.24) is 14.9 Å². The summed E-state index contributed by atoms with van der Waals surface area (Å²) in [6, 6.07) is 8.68. The van der Waals surface area contributed by atoms with Crippen molar-refractivity contribution in [3.63, 3.8) is 0 Å². The summed E-state index contributed by atoms with van der Waals surface area (Å²) in [5.41, 5.74) is 1.29. The minimum atomic E-state index is 0.289. The van der Waals surface area contributed by atoms with Crippen LogP contribution in [0.2, 0.25) is 0 Å². The number of hydrogen-bond donors (Lipinski definition) is 1. The van der Waals surface area contributed by atoms with Crippen LogP contribution in [0.15, 0.2) is 41.1 Å². The zero-order valence-electron chi connectivity index (χ0n) is 11.4. The van der Waals surface area contributed by atoms with Gasteiger partial charge >= 0.3 is 0 Å². The van der Waals surface area contributed by atoms with Gasteiger partial charge in [-0.15, -0.1) is 0 Å². The van der Waals surface area contributed by atoms with Crippen molar-refractivity contribution in [2.24, 2.45) is 7.05 Å². The molecule has 3 nitrogen and oxygen atoms in total. The second-order valence-corrected chi connectivity index (χ2v) is 5.54. The zero-order chi connectivity index (χ0) is 13.7. The van der Waals surface area contributed by atoms with E-state index in [1.54, 1.807) is 0 Å². The van der Waals surface area contributed by atoms with Crippen LogP contribution in [0.1, 0.15) is 30.8 Å². The second kappa shape index (κ2) is 6.87. The number of halogens is 1. The maximum absolute atomic E-state index is 4.43. The van der Waals surface area contributed by atoms with Gasteiger partial charge in [0, 0.05) is 36.4 Å². The first-order valence-corrected chi connectivity index (χ1v) is 7.45. The Bertz CT molecular complexity index is 522. The third kappa shape index (κ3) is 3.67. The van der Waals surface area contributed by atoms with Gasteiger partial charge in [0.15, 0.2) is 0 Å². The van der Waals surface area contributed by atoms with Gasteiger partial charge in [-0.3, -0.25) is 0 Å². The van der Waals surface area contributed by atoms with Crippen LogP contribution in [0, 0.1) is 0 Å². The second-order valence-electron chi connectivity index (χ2n) is 4.69. The normalized spacial score (nSPS) is 12.6. The summed E-state index contributed by atoms with van der Waals surface area (Å²) in [6.07, 6.45) is 5.87. The van der Waals surface area contributed by atoms with E-state index in [2.05, 4.69) is 55.9 Å². The monoisotopic (exact) mass is 321 g/mol. The van der Waals surface area contributed by atoms with Crippen LogP contribution in [-0.2, 0) is 13.5 Å². The van der Waals surface area contributed by atoms with Gasteiger partial charge in [0.2, 0.25) is 0 Å². The van der Waals surface area contributed by atoms with E-state index in [0.29, 0.717) is 0 Å². The molecule has 19 heavy (non-hydrogen) atoms. The lowest BCUT2D eigenvalue weighted by atomic mass is 10.0. The van der Waals surface area contributed by atoms with E-state index in [4.69, 9.17) is 0 Å². The predicted octanol–water partition coefficient (Wildman–Crippen LogP) is 3.47. The van der Waals surface area contributed by atoms with E-state index in [1.807, 2.05) is 25.5 Å². The average molecular weight is 322 g/mol. The van der Waals surface area contributed by atoms with E-state index < -0.39 is 0 Å². The molecular formula is C15H20BrN3. The standard InChI is InChI=1S/C15H20BrN3/c1-3-8-17-14(11-15-18-9-10-19(15)2)12-6-4-5-7-13(12)16/h4-7,9-10,14,17H,3,8,11H2,1-2H3. The van der Waals surface area contributed by atoms with Crippen molar-refractivity contribution in [2.45, 2.75) is 25.8 Å². The summed E-state index contributed by atoms with van der Waals surface area (Å²) >= 11 is 3.64. The van der Waals surface area contributed by atoms with Gasteiger partial charge in [0.05, 0.1) is 0 Å². The number of aromatic nitrogens is 2. The topological polar surface area (TPSA) is 29.9 Å². The molecule has 0 bridgehead atoms. The van der Waals surface area contributed by atoms with Crippen LogP contribution < -0.4 is 5.32 Å². The number of hydrogen-bond acceptors (Lipinski definition) is 2. The lowest BCUT2D eigenvalue weighted by molar-refractivity contribution is 0.510. The SMILES string of the molecule is CCCNC(Cc1nccn1C)c1ccccc1Br. The number of nitrogens with zero attached hydrogens (tertiary/aromatic N) is 2. The number of imidazole rings is 1. The van der Waals surface area contributed by atoms with E-state index in [0.717, 1.165) is 29.7 Å². The molecule has 1 aromatic carbocycles. The van der Waals surface area contributed by atoms with E-state index in [-0.39, 0.29) is 6.04 Å². The minimum absolute atomic E-state index is 0.289. The molecule has 2 aromatic rings. The van der Waals surface area contributed by atoms with Gasteiger partial charge in [0.25, 0.3) is 0 Å². The zero-order valence-corrected chi connectivity index (χ0v) is 13.0. The Balaban J connectivity index is 2.21. The highest BCUT2D eigenvalue weighted by atomic mass is 79.9. The van der Waals surface area contributed by atoms with Gasteiger partial charge in [-0.2, -0.15) is 0 Å². The lowest BCUT2D eigenvalue weighted by Gasteiger charge is -2.20. The number of rotatable bonds is 6. The Morgan fingerprint density at radius 3 is 2.79 bits per heavy atom. The van der Waals surface area contributed by atoms with Crippen molar-refractivity contribution in [3.8, 4) is 0 Å². The molecule has 102 valence electrons. The highest BCUT2D eigenvalue weighted by molar-refractivity contribution is 9.10. The Morgan fingerprint density at radius 2 is 2.16 bits per heavy atom. The number of aryl methyl sites for hydroxylation is 1. The van der Waals surface area contributed by atoms with Gasteiger partial charge in [-0.05, 0) is 24.6 Å². The van der Waals surface area contributed by atoms with Crippen molar-refractivity contribution < 1.29 is 0 Å². The van der Waals surface area contributed by atoms with Gasteiger partial charge in [-0.1, -0.05) is 41.1 Å². The molecule has 0 saturated carbocycles. The first-order chi connectivity index (χ1) is 9.22. The molecule has 0 amide bonds. The van der Waals surface area contributed by atoms with Crippen molar-refractivity contribution >= 4 is 15.9 Å². The Hall–Kier alpha value is -1.13. The van der Waals surface area contributed by atoms with Crippen LogP contribution in [0.4, 0.5) is 0 Å². The van der Waals surface area contributed by atoms with Crippen molar-refractivity contribution in [3.05, 3.63) is 52.5 Å². The summed E-state index contributed by atoms with van der Waals surface area (Å²) in [4.78, 5) is 4.43. The molecule has 1 N–H and O–H groups in total. The fraction of sp³-hybridized carbons (Fsp3) is 0.400. The molecule has 0 spiro atoms. The summed E-state index contributed by atoms with van der Waals surface area (Å²) in [6.45, 7) is 3.20. The van der Waals surface area contributed by atoms with Crippen molar-refractivity contribution in [1.29, 1.82) is 0 Å². The summed E-state index contributed by atoms with van der Waals surface area (Å²) in [7, 11) is 2.04. The summed E-state index contributed by atoms with van der Waals surface area (Å²) in [5, 5.41) is 3.61. The Morgan fingerprint density at radius 1 is 1.37 bits per heavy atom. The molecule has 4 heteroatoms. The Labute approximate surface area is 123 Å². The molecule has 0 aliphatic heterocycles. The molecule has 1 atom stereocenters. The van der Waals surface area contributed by atoms with E-state index >= 15 is 0 Å². The molecule has 0 aliphatic carbocycles. The van der Waals surface area contributed by atoms with Crippen LogP contribution in [-0.4, -0.2) is 16.1 Å². The third-order valence-corrected chi connectivity index (χ3v) is 3.95. The number of benzene rings is 1. The predicted molar refractivity (Wildman–Crippen MR) is 82.1 cm³/mol.